The van der Waals surface area contributed by atoms with E-state index in [1.807, 2.05) is 6.07 Å². The Labute approximate surface area is 117 Å². The van der Waals surface area contributed by atoms with Crippen molar-refractivity contribution in [3.8, 4) is 11.8 Å². The van der Waals surface area contributed by atoms with E-state index in [1.54, 1.807) is 0 Å². The van der Waals surface area contributed by atoms with Gasteiger partial charge in [0.15, 0.2) is 0 Å². The molecule has 0 unspecified atom stereocenters. The predicted octanol–water partition coefficient (Wildman–Crippen LogP) is 2.13. The Morgan fingerprint density at radius 1 is 1.29 bits per heavy atom. The van der Waals surface area contributed by atoms with Gasteiger partial charge in [-0.05, 0) is 36.4 Å². The molecule has 21 heavy (non-hydrogen) atoms. The van der Waals surface area contributed by atoms with Crippen molar-refractivity contribution in [1.29, 1.82) is 5.26 Å². The van der Waals surface area contributed by atoms with Gasteiger partial charge < -0.3 is 5.11 Å². The molecule has 3 rings (SSSR count). The molecule has 0 saturated heterocycles. The van der Waals surface area contributed by atoms with Crippen LogP contribution in [0.1, 0.15) is 15.9 Å². The molecule has 0 bridgehead atoms. The van der Waals surface area contributed by atoms with E-state index in [4.69, 9.17) is 10.4 Å². The number of carboxylic acids is 1. The summed E-state index contributed by atoms with van der Waals surface area (Å²) in [5, 5.41) is 25.4. The first-order chi connectivity index (χ1) is 10.1. The summed E-state index contributed by atoms with van der Waals surface area (Å²) in [4.78, 5) is 11.0. The average Bonchev–Trinajstić information content (AvgIpc) is 2.89. The molecule has 6 nitrogen and oxygen atoms in total. The minimum absolute atomic E-state index is 0.0557. The van der Waals surface area contributed by atoms with Gasteiger partial charge in [0.2, 0.25) is 0 Å². The second-order valence-corrected chi connectivity index (χ2v) is 4.29. The van der Waals surface area contributed by atoms with Crippen LogP contribution in [0.3, 0.4) is 0 Å². The van der Waals surface area contributed by atoms with Gasteiger partial charge in [0, 0.05) is 0 Å². The Morgan fingerprint density at radius 2 is 2.10 bits per heavy atom. The third kappa shape index (κ3) is 2.08. The largest absolute Gasteiger partial charge is 0.478 e. The number of halogens is 1. The van der Waals surface area contributed by atoms with Crippen molar-refractivity contribution < 1.29 is 14.3 Å². The lowest BCUT2D eigenvalue weighted by Crippen LogP contribution is -2.02. The number of hydrogen-bond acceptors (Lipinski definition) is 4. The number of hydrogen-bond donors (Lipinski definition) is 1. The van der Waals surface area contributed by atoms with Gasteiger partial charge in [0.05, 0.1) is 22.7 Å². The van der Waals surface area contributed by atoms with Gasteiger partial charge in [-0.1, -0.05) is 5.21 Å². The third-order valence-electron chi connectivity index (χ3n) is 3.00. The highest BCUT2D eigenvalue weighted by Gasteiger charge is 2.13. The highest BCUT2D eigenvalue weighted by molar-refractivity contribution is 5.92. The Morgan fingerprint density at radius 3 is 2.76 bits per heavy atom. The quantitative estimate of drug-likeness (QED) is 0.777. The van der Waals surface area contributed by atoms with Crippen molar-refractivity contribution in [2.75, 3.05) is 0 Å². The lowest BCUT2D eigenvalue weighted by molar-refractivity contribution is 0.0697. The van der Waals surface area contributed by atoms with Crippen LogP contribution in [0, 0.1) is 17.1 Å². The van der Waals surface area contributed by atoms with Crippen LogP contribution >= 0.6 is 0 Å². The Hall–Kier alpha value is -3.27. The van der Waals surface area contributed by atoms with Crippen molar-refractivity contribution in [3.63, 3.8) is 0 Å². The third-order valence-corrected chi connectivity index (χ3v) is 3.00. The van der Waals surface area contributed by atoms with E-state index in [1.165, 1.54) is 35.0 Å². The highest BCUT2D eigenvalue weighted by atomic mass is 19.1. The molecule has 1 heterocycles. The van der Waals surface area contributed by atoms with Gasteiger partial charge in [-0.15, -0.1) is 5.10 Å². The molecule has 3 aromatic rings. The summed E-state index contributed by atoms with van der Waals surface area (Å²) in [5.74, 6) is -1.73. The molecule has 1 N–H and O–H groups in total. The summed E-state index contributed by atoms with van der Waals surface area (Å²) in [6.07, 6.45) is 0. The minimum atomic E-state index is -1.09. The van der Waals surface area contributed by atoms with Crippen molar-refractivity contribution in [2.24, 2.45) is 0 Å². The van der Waals surface area contributed by atoms with Crippen molar-refractivity contribution in [1.82, 2.24) is 15.0 Å². The minimum Gasteiger partial charge on any atom is -0.478 e. The number of benzene rings is 2. The molecule has 0 spiro atoms. The molecule has 7 heteroatoms. The van der Waals surface area contributed by atoms with Gasteiger partial charge in [0.1, 0.15) is 17.0 Å². The first kappa shape index (κ1) is 12.7. The highest BCUT2D eigenvalue weighted by Crippen LogP contribution is 2.20. The topological polar surface area (TPSA) is 91.8 Å². The van der Waals surface area contributed by atoms with Crippen molar-refractivity contribution in [2.45, 2.75) is 0 Å². The van der Waals surface area contributed by atoms with Crippen LogP contribution in [0.25, 0.3) is 16.7 Å². The molecule has 0 amide bonds. The van der Waals surface area contributed by atoms with Crippen LogP contribution in [0.5, 0.6) is 0 Å². The summed E-state index contributed by atoms with van der Waals surface area (Å²) in [7, 11) is 0. The van der Waals surface area contributed by atoms with E-state index in [0.717, 1.165) is 6.07 Å². The fourth-order valence-electron chi connectivity index (χ4n) is 1.98. The smallest absolute Gasteiger partial charge is 0.335 e. The molecule has 0 atom stereocenters. The Kier molecular flexibility index (Phi) is 2.84. The summed E-state index contributed by atoms with van der Waals surface area (Å²) in [6.45, 7) is 0. The predicted molar refractivity (Wildman–Crippen MR) is 70.5 cm³/mol. The molecule has 0 fully saturated rings. The van der Waals surface area contributed by atoms with Gasteiger partial charge in [-0.2, -0.15) is 5.26 Å². The van der Waals surface area contributed by atoms with Crippen LogP contribution in [0.4, 0.5) is 4.39 Å². The van der Waals surface area contributed by atoms with E-state index in [-0.39, 0.29) is 16.8 Å². The molecule has 102 valence electrons. The van der Waals surface area contributed by atoms with Crippen LogP contribution in [0.15, 0.2) is 36.4 Å². The molecular weight excluding hydrogens is 275 g/mol. The maximum atomic E-state index is 14.0. The number of rotatable bonds is 2. The normalized spacial score (nSPS) is 10.5. The number of nitriles is 1. The van der Waals surface area contributed by atoms with Crippen molar-refractivity contribution >= 4 is 17.0 Å². The molecular formula is C14H7FN4O2. The van der Waals surface area contributed by atoms with E-state index in [2.05, 4.69) is 10.3 Å². The van der Waals surface area contributed by atoms with Crippen molar-refractivity contribution in [3.05, 3.63) is 53.3 Å². The number of fused-ring (bicyclic) bond motifs is 1. The summed E-state index contributed by atoms with van der Waals surface area (Å²) < 4.78 is 15.2. The zero-order valence-electron chi connectivity index (χ0n) is 10.5. The fourth-order valence-corrected chi connectivity index (χ4v) is 1.98. The number of carbonyl (C=O) groups is 1. The molecule has 2 aromatic carbocycles. The lowest BCUT2D eigenvalue weighted by Gasteiger charge is -2.04. The molecule has 0 saturated carbocycles. The van der Waals surface area contributed by atoms with Crippen LogP contribution in [-0.2, 0) is 0 Å². The second kappa shape index (κ2) is 4.68. The maximum absolute atomic E-state index is 14.0. The Balaban J connectivity index is 2.23. The monoisotopic (exact) mass is 282 g/mol. The maximum Gasteiger partial charge on any atom is 0.335 e. The standard InChI is InChI=1S/C14H7FN4O2/c15-10-5-8(7-16)1-4-12(10)19-13-6-9(14(20)21)2-3-11(13)17-18-19/h1-6H,(H,20,21). The summed E-state index contributed by atoms with van der Waals surface area (Å²) in [6, 6.07) is 10.1. The zero-order valence-corrected chi connectivity index (χ0v) is 10.5. The van der Waals surface area contributed by atoms with Crippen LogP contribution < -0.4 is 0 Å². The molecule has 1 aromatic heterocycles. The zero-order chi connectivity index (χ0) is 15.0. The lowest BCUT2D eigenvalue weighted by atomic mass is 10.2. The average molecular weight is 282 g/mol. The Bertz CT molecular complexity index is 911. The van der Waals surface area contributed by atoms with E-state index < -0.39 is 11.8 Å². The number of aromatic nitrogens is 3. The molecule has 0 aliphatic rings. The number of aromatic carboxylic acids is 1. The van der Waals surface area contributed by atoms with Crippen LogP contribution in [-0.4, -0.2) is 26.1 Å². The fraction of sp³-hybridized carbons (Fsp3) is 0. The SMILES string of the molecule is N#Cc1ccc(-n2nnc3ccc(C(=O)O)cc32)c(F)c1. The summed E-state index contributed by atoms with van der Waals surface area (Å²) in [5.41, 5.74) is 1.16. The molecule has 0 radical (unpaired) electrons. The van der Waals surface area contributed by atoms with Gasteiger partial charge >= 0.3 is 5.97 Å². The first-order valence-corrected chi connectivity index (χ1v) is 5.89. The van der Waals surface area contributed by atoms with Gasteiger partial charge in [0.25, 0.3) is 0 Å². The van der Waals surface area contributed by atoms with E-state index in [9.17, 15) is 9.18 Å². The van der Waals surface area contributed by atoms with Gasteiger partial charge in [-0.3, -0.25) is 0 Å². The second-order valence-electron chi connectivity index (χ2n) is 4.29. The van der Waals surface area contributed by atoms with Gasteiger partial charge in [-0.25, -0.2) is 13.9 Å². The first-order valence-electron chi connectivity index (χ1n) is 5.89. The van der Waals surface area contributed by atoms with E-state index in [0.29, 0.717) is 11.0 Å². The molecule has 0 aliphatic carbocycles. The molecule has 0 aliphatic heterocycles. The van der Waals surface area contributed by atoms with Crippen LogP contribution in [0.2, 0.25) is 0 Å². The number of nitrogens with zero attached hydrogens (tertiary/aromatic N) is 4. The van der Waals surface area contributed by atoms with E-state index >= 15 is 0 Å². The number of carboxylic acid groups (broad SMARTS) is 1. The summed E-state index contributed by atoms with van der Waals surface area (Å²) >= 11 is 0.